The molecule has 0 radical (unpaired) electrons. The van der Waals surface area contributed by atoms with E-state index < -0.39 is 6.36 Å². The number of nitrogens with zero attached hydrogens (tertiary/aromatic N) is 1. The molecule has 0 bridgehead atoms. The predicted octanol–water partition coefficient (Wildman–Crippen LogP) is 3.79. The maximum absolute atomic E-state index is 12.1. The Balaban J connectivity index is 2.33. The van der Waals surface area contributed by atoms with Crippen LogP contribution >= 0.6 is 11.6 Å². The summed E-state index contributed by atoms with van der Waals surface area (Å²) in [5.74, 6) is -0.318. The number of ether oxygens (including phenoxy) is 1. The van der Waals surface area contributed by atoms with Crippen LogP contribution in [0.2, 0.25) is 5.02 Å². The van der Waals surface area contributed by atoms with E-state index in [2.05, 4.69) is 9.72 Å². The van der Waals surface area contributed by atoms with Gasteiger partial charge in [-0.15, -0.1) is 13.2 Å². The van der Waals surface area contributed by atoms with Crippen LogP contribution in [0.3, 0.4) is 0 Å². The van der Waals surface area contributed by atoms with Gasteiger partial charge in [-0.3, -0.25) is 4.98 Å². The van der Waals surface area contributed by atoms with Crippen LogP contribution in [0.1, 0.15) is 5.56 Å². The minimum Gasteiger partial charge on any atom is -0.406 e. The Hall–Kier alpha value is -1.79. The van der Waals surface area contributed by atoms with Crippen molar-refractivity contribution in [2.24, 2.45) is 0 Å². The Morgan fingerprint density at radius 3 is 2.35 bits per heavy atom. The minimum atomic E-state index is -4.73. The van der Waals surface area contributed by atoms with Crippen molar-refractivity contribution in [3.05, 3.63) is 47.2 Å². The van der Waals surface area contributed by atoms with Gasteiger partial charge in [-0.25, -0.2) is 0 Å². The van der Waals surface area contributed by atoms with E-state index in [0.717, 1.165) is 0 Å². The summed E-state index contributed by atoms with van der Waals surface area (Å²) in [4.78, 5) is 3.90. The molecule has 0 aliphatic carbocycles. The quantitative estimate of drug-likeness (QED) is 0.938. The Labute approximate surface area is 117 Å². The summed E-state index contributed by atoms with van der Waals surface area (Å²) in [5.41, 5.74) is 1.60. The fourth-order valence-electron chi connectivity index (χ4n) is 1.71. The van der Waals surface area contributed by atoms with Crippen molar-refractivity contribution >= 4 is 11.6 Å². The SMILES string of the molecule is OCc1c(Cl)cncc1-c1ccc(OC(F)(F)F)cc1. The average molecular weight is 304 g/mol. The van der Waals surface area contributed by atoms with Crippen molar-refractivity contribution in [1.82, 2.24) is 4.98 Å². The number of aromatic nitrogens is 1. The number of aliphatic hydroxyl groups excluding tert-OH is 1. The molecule has 3 nitrogen and oxygen atoms in total. The first-order chi connectivity index (χ1) is 9.40. The fourth-order valence-corrected chi connectivity index (χ4v) is 1.93. The topological polar surface area (TPSA) is 42.4 Å². The molecular weight excluding hydrogens is 295 g/mol. The van der Waals surface area contributed by atoms with Gasteiger partial charge in [0.25, 0.3) is 0 Å². The molecule has 0 saturated carbocycles. The zero-order valence-corrected chi connectivity index (χ0v) is 10.7. The van der Waals surface area contributed by atoms with Gasteiger partial charge in [0.1, 0.15) is 5.75 Å². The molecule has 2 aromatic rings. The zero-order valence-electron chi connectivity index (χ0n) is 9.99. The summed E-state index contributed by atoms with van der Waals surface area (Å²) in [6, 6.07) is 5.25. The largest absolute Gasteiger partial charge is 0.573 e. The summed E-state index contributed by atoms with van der Waals surface area (Å²) in [5, 5.41) is 9.57. The van der Waals surface area contributed by atoms with Gasteiger partial charge in [0.15, 0.2) is 0 Å². The number of alkyl halides is 3. The van der Waals surface area contributed by atoms with Gasteiger partial charge in [-0.05, 0) is 17.7 Å². The monoisotopic (exact) mass is 303 g/mol. The van der Waals surface area contributed by atoms with E-state index in [1.807, 2.05) is 0 Å². The molecule has 0 aliphatic heterocycles. The maximum Gasteiger partial charge on any atom is 0.573 e. The number of benzene rings is 1. The van der Waals surface area contributed by atoms with Crippen LogP contribution in [0.15, 0.2) is 36.7 Å². The molecule has 106 valence electrons. The highest BCUT2D eigenvalue weighted by Gasteiger charge is 2.30. The molecule has 0 unspecified atom stereocenters. The number of rotatable bonds is 3. The molecular formula is C13H9ClF3NO2. The second-order valence-electron chi connectivity index (χ2n) is 3.88. The Morgan fingerprint density at radius 1 is 1.15 bits per heavy atom. The molecule has 1 aromatic heterocycles. The van der Waals surface area contributed by atoms with Gasteiger partial charge >= 0.3 is 6.36 Å². The van der Waals surface area contributed by atoms with E-state index in [1.54, 1.807) is 0 Å². The van der Waals surface area contributed by atoms with Gasteiger partial charge in [0.05, 0.1) is 11.6 Å². The van der Waals surface area contributed by atoms with Gasteiger partial charge in [-0.2, -0.15) is 0 Å². The van der Waals surface area contributed by atoms with E-state index >= 15 is 0 Å². The number of aliphatic hydroxyl groups is 1. The lowest BCUT2D eigenvalue weighted by Gasteiger charge is -2.11. The Kier molecular flexibility index (Phi) is 4.15. The van der Waals surface area contributed by atoms with Gasteiger partial charge in [0, 0.05) is 23.5 Å². The number of pyridine rings is 1. The first-order valence-corrected chi connectivity index (χ1v) is 5.88. The van der Waals surface area contributed by atoms with Crippen LogP contribution in [0, 0.1) is 0 Å². The molecule has 2 rings (SSSR count). The highest BCUT2D eigenvalue weighted by atomic mass is 35.5. The molecule has 0 saturated heterocycles. The van der Waals surface area contributed by atoms with Crippen molar-refractivity contribution in [1.29, 1.82) is 0 Å². The van der Waals surface area contributed by atoms with Crippen LogP contribution in [-0.4, -0.2) is 16.5 Å². The third-order valence-electron chi connectivity index (χ3n) is 2.56. The second kappa shape index (κ2) is 5.68. The Bertz CT molecular complexity index is 600. The highest BCUT2D eigenvalue weighted by Crippen LogP contribution is 2.30. The van der Waals surface area contributed by atoms with Crippen molar-refractivity contribution in [3.8, 4) is 16.9 Å². The molecule has 1 aromatic carbocycles. The lowest BCUT2D eigenvalue weighted by atomic mass is 10.0. The van der Waals surface area contributed by atoms with Crippen LogP contribution in [0.4, 0.5) is 13.2 Å². The summed E-state index contributed by atoms with van der Waals surface area (Å²) in [6.45, 7) is -0.294. The minimum absolute atomic E-state index is 0.292. The Morgan fingerprint density at radius 2 is 1.80 bits per heavy atom. The fraction of sp³-hybridized carbons (Fsp3) is 0.154. The van der Waals surface area contributed by atoms with E-state index in [9.17, 15) is 18.3 Å². The van der Waals surface area contributed by atoms with E-state index in [4.69, 9.17) is 11.6 Å². The van der Waals surface area contributed by atoms with Crippen LogP contribution in [0.5, 0.6) is 5.75 Å². The summed E-state index contributed by atoms with van der Waals surface area (Å²) in [7, 11) is 0. The second-order valence-corrected chi connectivity index (χ2v) is 4.28. The lowest BCUT2D eigenvalue weighted by molar-refractivity contribution is -0.274. The molecule has 1 heterocycles. The molecule has 0 spiro atoms. The normalized spacial score (nSPS) is 11.4. The van der Waals surface area contributed by atoms with Crippen LogP contribution in [0.25, 0.3) is 11.1 Å². The zero-order chi connectivity index (χ0) is 14.8. The summed E-state index contributed by atoms with van der Waals surface area (Å²) >= 11 is 5.90. The molecule has 20 heavy (non-hydrogen) atoms. The number of halogens is 4. The van der Waals surface area contributed by atoms with E-state index in [0.29, 0.717) is 21.7 Å². The predicted molar refractivity (Wildman–Crippen MR) is 67.3 cm³/mol. The van der Waals surface area contributed by atoms with Gasteiger partial charge in [-0.1, -0.05) is 23.7 Å². The average Bonchev–Trinajstić information content (AvgIpc) is 2.37. The maximum atomic E-state index is 12.1. The summed E-state index contributed by atoms with van der Waals surface area (Å²) in [6.07, 6.45) is -1.86. The highest BCUT2D eigenvalue weighted by molar-refractivity contribution is 6.31. The first kappa shape index (κ1) is 14.6. The summed E-state index contributed by atoms with van der Waals surface area (Å²) < 4.78 is 39.9. The molecule has 0 fully saturated rings. The molecule has 7 heteroatoms. The molecule has 0 aliphatic rings. The molecule has 0 amide bonds. The molecule has 1 N–H and O–H groups in total. The van der Waals surface area contributed by atoms with E-state index in [1.165, 1.54) is 36.7 Å². The van der Waals surface area contributed by atoms with Crippen molar-refractivity contribution in [2.45, 2.75) is 13.0 Å². The van der Waals surface area contributed by atoms with Crippen molar-refractivity contribution < 1.29 is 23.0 Å². The third-order valence-corrected chi connectivity index (χ3v) is 2.89. The molecule has 0 atom stereocenters. The van der Waals surface area contributed by atoms with Crippen molar-refractivity contribution in [2.75, 3.05) is 0 Å². The standard InChI is InChI=1S/C13H9ClF3NO2/c14-12-6-18-5-10(11(12)7-19)8-1-3-9(4-2-8)20-13(15,16)17/h1-6,19H,7H2. The third kappa shape index (κ3) is 3.40. The van der Waals surface area contributed by atoms with Gasteiger partial charge < -0.3 is 9.84 Å². The lowest BCUT2D eigenvalue weighted by Crippen LogP contribution is -2.16. The van der Waals surface area contributed by atoms with E-state index in [-0.39, 0.29) is 12.4 Å². The number of hydrogen-bond acceptors (Lipinski definition) is 3. The van der Waals surface area contributed by atoms with Crippen LogP contribution in [-0.2, 0) is 6.61 Å². The first-order valence-electron chi connectivity index (χ1n) is 5.50. The van der Waals surface area contributed by atoms with Crippen LogP contribution < -0.4 is 4.74 Å². The number of hydrogen-bond donors (Lipinski definition) is 1. The van der Waals surface area contributed by atoms with Crippen molar-refractivity contribution in [3.63, 3.8) is 0 Å². The van der Waals surface area contributed by atoms with Gasteiger partial charge in [0.2, 0.25) is 0 Å². The smallest absolute Gasteiger partial charge is 0.406 e.